The van der Waals surface area contributed by atoms with Crippen molar-refractivity contribution in [3.8, 4) is 0 Å². The van der Waals surface area contributed by atoms with Crippen LogP contribution in [0.4, 0.5) is 11.4 Å². The molecule has 0 bridgehead atoms. The summed E-state index contributed by atoms with van der Waals surface area (Å²) in [4.78, 5) is 4.48. The topological polar surface area (TPSA) is 6.48 Å². The van der Waals surface area contributed by atoms with Gasteiger partial charge in [-0.25, -0.2) is 0 Å². The van der Waals surface area contributed by atoms with Crippen molar-refractivity contribution < 1.29 is 0 Å². The molecule has 2 aromatic rings. The van der Waals surface area contributed by atoms with Gasteiger partial charge in [0.2, 0.25) is 0 Å². The zero-order valence-corrected chi connectivity index (χ0v) is 10.1. The number of anilines is 2. The number of hydrogen-bond donors (Lipinski definition) is 0. The molecule has 3 rings (SSSR count). The fourth-order valence-corrected chi connectivity index (χ4v) is 2.66. The highest BCUT2D eigenvalue weighted by molar-refractivity contribution is 6.36. The van der Waals surface area contributed by atoms with Crippen molar-refractivity contribution in [2.45, 2.75) is 0 Å². The zero-order chi connectivity index (χ0) is 11.3. The van der Waals surface area contributed by atoms with Crippen molar-refractivity contribution in [2.24, 2.45) is 0 Å². The van der Waals surface area contributed by atoms with Crippen molar-refractivity contribution in [1.29, 1.82) is 0 Å². The average Bonchev–Trinajstić information content (AvgIpc) is 2.27. The van der Waals surface area contributed by atoms with E-state index in [1.54, 1.807) is 0 Å². The second-order valence-corrected chi connectivity index (χ2v) is 4.71. The normalized spacial score (nSPS) is 14.7. The maximum atomic E-state index is 6.24. The van der Waals surface area contributed by atoms with Gasteiger partial charge in [0, 0.05) is 41.3 Å². The molecule has 16 heavy (non-hydrogen) atoms. The minimum Gasteiger partial charge on any atom is -0.356 e. The van der Waals surface area contributed by atoms with E-state index in [9.17, 15) is 0 Å². The molecule has 0 radical (unpaired) electrons. The molecule has 1 aliphatic heterocycles. The third kappa shape index (κ3) is 1.20. The van der Waals surface area contributed by atoms with E-state index in [2.05, 4.69) is 48.2 Å². The van der Waals surface area contributed by atoms with E-state index in [0.717, 1.165) is 17.1 Å². The second-order valence-electron chi connectivity index (χ2n) is 4.30. The summed E-state index contributed by atoms with van der Waals surface area (Å²) in [5.74, 6) is 0. The zero-order valence-electron chi connectivity index (χ0n) is 9.37. The average molecular weight is 233 g/mol. The summed E-state index contributed by atoms with van der Waals surface area (Å²) in [6.07, 6.45) is 0. The first kappa shape index (κ1) is 9.79. The number of hydrogen-bond acceptors (Lipinski definition) is 2. The predicted molar refractivity (Wildman–Crippen MR) is 70.6 cm³/mol. The Balaban J connectivity index is 2.48. The number of halogens is 1. The van der Waals surface area contributed by atoms with E-state index in [4.69, 9.17) is 11.6 Å². The predicted octanol–water partition coefficient (Wildman–Crippen LogP) is 3.34. The lowest BCUT2D eigenvalue weighted by atomic mass is 10.0. The molecular weight excluding hydrogens is 220 g/mol. The molecule has 0 saturated heterocycles. The van der Waals surface area contributed by atoms with Gasteiger partial charge in [-0.05, 0) is 18.2 Å². The van der Waals surface area contributed by atoms with E-state index in [0.29, 0.717) is 0 Å². The van der Waals surface area contributed by atoms with Gasteiger partial charge in [0.15, 0.2) is 0 Å². The van der Waals surface area contributed by atoms with Crippen LogP contribution in [-0.2, 0) is 0 Å². The molecular formula is C13H13ClN2. The summed E-state index contributed by atoms with van der Waals surface area (Å²) in [5, 5.41) is 3.21. The van der Waals surface area contributed by atoms with Gasteiger partial charge >= 0.3 is 0 Å². The maximum Gasteiger partial charge on any atom is 0.0897 e. The number of nitrogens with zero attached hydrogens (tertiary/aromatic N) is 2. The fourth-order valence-electron chi connectivity index (χ4n) is 2.44. The Bertz CT molecular complexity index is 551. The van der Waals surface area contributed by atoms with Crippen LogP contribution in [0.5, 0.6) is 0 Å². The van der Waals surface area contributed by atoms with Crippen molar-refractivity contribution >= 4 is 33.7 Å². The molecule has 0 aromatic heterocycles. The molecule has 0 amide bonds. The molecule has 0 fully saturated rings. The van der Waals surface area contributed by atoms with E-state index in [1.807, 2.05) is 6.07 Å². The van der Waals surface area contributed by atoms with Crippen molar-refractivity contribution in [1.82, 2.24) is 0 Å². The largest absolute Gasteiger partial charge is 0.356 e. The highest BCUT2D eigenvalue weighted by Crippen LogP contribution is 2.40. The Hall–Kier alpha value is -1.41. The summed E-state index contributed by atoms with van der Waals surface area (Å²) >= 11 is 6.24. The molecule has 0 aliphatic carbocycles. The molecule has 2 nitrogen and oxygen atoms in total. The lowest BCUT2D eigenvalue weighted by molar-refractivity contribution is 0.847. The summed E-state index contributed by atoms with van der Waals surface area (Å²) in [5.41, 5.74) is 2.52. The van der Waals surface area contributed by atoms with Crippen LogP contribution in [0.25, 0.3) is 10.8 Å². The molecule has 0 spiro atoms. The van der Waals surface area contributed by atoms with Crippen LogP contribution in [-0.4, -0.2) is 20.8 Å². The quantitative estimate of drug-likeness (QED) is 0.688. The van der Waals surface area contributed by atoms with Gasteiger partial charge < -0.3 is 9.80 Å². The van der Waals surface area contributed by atoms with Gasteiger partial charge in [-0.15, -0.1) is 0 Å². The first-order valence-electron chi connectivity index (χ1n) is 5.32. The first-order chi connectivity index (χ1) is 7.68. The van der Waals surface area contributed by atoms with E-state index >= 15 is 0 Å². The minimum atomic E-state index is 0.823. The second kappa shape index (κ2) is 3.29. The van der Waals surface area contributed by atoms with E-state index < -0.39 is 0 Å². The monoisotopic (exact) mass is 232 g/mol. The van der Waals surface area contributed by atoms with E-state index in [-0.39, 0.29) is 0 Å². The Morgan fingerprint density at radius 3 is 2.44 bits per heavy atom. The molecule has 1 aliphatic rings. The Morgan fingerprint density at radius 2 is 1.69 bits per heavy atom. The van der Waals surface area contributed by atoms with E-state index in [1.165, 1.54) is 16.8 Å². The van der Waals surface area contributed by atoms with Crippen LogP contribution < -0.4 is 9.80 Å². The lowest BCUT2D eigenvalue weighted by Crippen LogP contribution is -2.36. The smallest absolute Gasteiger partial charge is 0.0897 e. The van der Waals surface area contributed by atoms with Gasteiger partial charge in [0.25, 0.3) is 0 Å². The van der Waals surface area contributed by atoms with Crippen LogP contribution >= 0.6 is 11.6 Å². The third-order valence-corrected chi connectivity index (χ3v) is 3.52. The molecule has 3 heteroatoms. The van der Waals surface area contributed by atoms with Crippen LogP contribution in [0.3, 0.4) is 0 Å². The molecule has 82 valence electrons. The van der Waals surface area contributed by atoms with Crippen molar-refractivity contribution in [2.75, 3.05) is 30.6 Å². The fraction of sp³-hybridized carbons (Fsp3) is 0.231. The standard InChI is InChI=1S/C13H13ClN2/c1-15-8-16(2)12-7-6-10(14)9-4-3-5-11(15)13(9)12/h3-7H,8H2,1-2H3. The van der Waals surface area contributed by atoms with Gasteiger partial charge in [-0.3, -0.25) is 0 Å². The molecule has 0 saturated carbocycles. The summed E-state index contributed by atoms with van der Waals surface area (Å²) < 4.78 is 0. The Kier molecular flexibility index (Phi) is 2.01. The Morgan fingerprint density at radius 1 is 1.00 bits per heavy atom. The van der Waals surface area contributed by atoms with Crippen molar-refractivity contribution in [3.05, 3.63) is 35.4 Å². The van der Waals surface area contributed by atoms with Gasteiger partial charge in [0.1, 0.15) is 0 Å². The first-order valence-corrected chi connectivity index (χ1v) is 5.70. The van der Waals surface area contributed by atoms with Crippen molar-refractivity contribution in [3.63, 3.8) is 0 Å². The van der Waals surface area contributed by atoms with Gasteiger partial charge in [0.05, 0.1) is 6.67 Å². The molecule has 0 atom stereocenters. The SMILES string of the molecule is CN1CN(C)c2ccc(Cl)c3cccc1c23. The summed E-state index contributed by atoms with van der Waals surface area (Å²) in [7, 11) is 4.21. The van der Waals surface area contributed by atoms with Crippen LogP contribution in [0.15, 0.2) is 30.3 Å². The van der Waals surface area contributed by atoms with Gasteiger partial charge in [-0.2, -0.15) is 0 Å². The summed E-state index contributed by atoms with van der Waals surface area (Å²) in [6.45, 7) is 0.910. The molecule has 0 unspecified atom stereocenters. The molecule has 2 aromatic carbocycles. The van der Waals surface area contributed by atoms with Crippen LogP contribution in [0.2, 0.25) is 5.02 Å². The number of benzene rings is 2. The third-order valence-electron chi connectivity index (χ3n) is 3.19. The highest BCUT2D eigenvalue weighted by Gasteiger charge is 2.19. The molecule has 0 N–H and O–H groups in total. The molecule has 1 heterocycles. The van der Waals surface area contributed by atoms with Crippen LogP contribution in [0.1, 0.15) is 0 Å². The lowest BCUT2D eigenvalue weighted by Gasteiger charge is -2.35. The maximum absolute atomic E-state index is 6.24. The summed E-state index contributed by atoms with van der Waals surface area (Å²) in [6, 6.07) is 10.4. The Labute approximate surface area is 100 Å². The number of rotatable bonds is 0. The highest BCUT2D eigenvalue weighted by atomic mass is 35.5. The minimum absolute atomic E-state index is 0.823. The van der Waals surface area contributed by atoms with Crippen LogP contribution in [0, 0.1) is 0 Å². The van der Waals surface area contributed by atoms with Gasteiger partial charge in [-0.1, -0.05) is 23.7 Å².